The van der Waals surface area contributed by atoms with Crippen molar-refractivity contribution in [3.05, 3.63) is 30.1 Å². The Labute approximate surface area is 122 Å². The lowest BCUT2D eigenvalue weighted by Gasteiger charge is -2.22. The Morgan fingerprint density at radius 1 is 1.29 bits per heavy atom. The van der Waals surface area contributed by atoms with Crippen LogP contribution < -0.4 is 5.32 Å². The summed E-state index contributed by atoms with van der Waals surface area (Å²) in [5.41, 5.74) is 0.316. The largest absolute Gasteiger partial charge is 0.469 e. The third-order valence-electron chi connectivity index (χ3n) is 2.95. The van der Waals surface area contributed by atoms with Crippen molar-refractivity contribution in [1.29, 1.82) is 0 Å². The molecule has 0 aliphatic heterocycles. The van der Waals surface area contributed by atoms with Crippen LogP contribution in [-0.4, -0.2) is 43.1 Å². The highest BCUT2D eigenvalue weighted by molar-refractivity contribution is 5.96. The van der Waals surface area contributed by atoms with E-state index in [0.29, 0.717) is 5.56 Å². The van der Waals surface area contributed by atoms with Crippen LogP contribution >= 0.6 is 0 Å². The average Bonchev–Trinajstić information content (AvgIpc) is 2.52. The molecule has 0 spiro atoms. The van der Waals surface area contributed by atoms with Crippen LogP contribution in [0.3, 0.4) is 0 Å². The van der Waals surface area contributed by atoms with Crippen LogP contribution in [0.15, 0.2) is 24.5 Å². The number of aromatic nitrogens is 1. The number of methoxy groups -OCH3 is 2. The van der Waals surface area contributed by atoms with Crippen molar-refractivity contribution in [1.82, 2.24) is 10.3 Å². The molecule has 7 heteroatoms. The van der Waals surface area contributed by atoms with Crippen molar-refractivity contribution < 1.29 is 23.9 Å². The molecule has 0 bridgehead atoms. The van der Waals surface area contributed by atoms with Gasteiger partial charge in [0, 0.05) is 12.4 Å². The highest BCUT2D eigenvalue weighted by Gasteiger charge is 2.29. The number of carbonyl (C=O) groups excluding carboxylic acids is 3. The molecule has 0 saturated carbocycles. The summed E-state index contributed by atoms with van der Waals surface area (Å²) in [5, 5.41) is 2.55. The second-order valence-electron chi connectivity index (χ2n) is 4.47. The maximum atomic E-state index is 12.1. The normalized spacial score (nSPS) is 12.9. The summed E-state index contributed by atoms with van der Waals surface area (Å²) < 4.78 is 9.22. The van der Waals surface area contributed by atoms with E-state index in [1.807, 2.05) is 0 Å². The lowest BCUT2D eigenvalue weighted by atomic mass is 9.98. The van der Waals surface area contributed by atoms with Gasteiger partial charge in [0.25, 0.3) is 5.91 Å². The molecular weight excluding hydrogens is 276 g/mol. The van der Waals surface area contributed by atoms with Crippen molar-refractivity contribution in [3.63, 3.8) is 0 Å². The fourth-order valence-corrected chi connectivity index (χ4v) is 1.75. The predicted octanol–water partition coefficient (Wildman–Crippen LogP) is 0.552. The van der Waals surface area contributed by atoms with Crippen molar-refractivity contribution in [2.75, 3.05) is 14.2 Å². The molecule has 0 aliphatic carbocycles. The number of carbonyl (C=O) groups is 3. The van der Waals surface area contributed by atoms with E-state index in [1.54, 1.807) is 19.1 Å². The molecule has 0 aliphatic rings. The molecule has 1 heterocycles. The van der Waals surface area contributed by atoms with E-state index in [1.165, 1.54) is 26.6 Å². The zero-order valence-electron chi connectivity index (χ0n) is 12.2. The highest BCUT2D eigenvalue weighted by Crippen LogP contribution is 2.12. The molecule has 114 valence electrons. The first-order chi connectivity index (χ1) is 9.99. The van der Waals surface area contributed by atoms with Gasteiger partial charge in [-0.2, -0.15) is 0 Å². The van der Waals surface area contributed by atoms with E-state index in [2.05, 4.69) is 19.8 Å². The highest BCUT2D eigenvalue weighted by atomic mass is 16.5. The van der Waals surface area contributed by atoms with Gasteiger partial charge in [-0.1, -0.05) is 6.92 Å². The third kappa shape index (κ3) is 4.87. The maximum Gasteiger partial charge on any atom is 0.328 e. The quantitative estimate of drug-likeness (QED) is 0.770. The molecule has 0 fully saturated rings. The molecule has 7 nitrogen and oxygen atoms in total. The number of nitrogens with zero attached hydrogens (tertiary/aromatic N) is 1. The summed E-state index contributed by atoms with van der Waals surface area (Å²) in [6, 6.07) is 2.24. The molecule has 0 radical (unpaired) electrons. The Bertz CT molecular complexity index is 503. The zero-order valence-corrected chi connectivity index (χ0v) is 12.2. The fourth-order valence-electron chi connectivity index (χ4n) is 1.75. The monoisotopic (exact) mass is 294 g/mol. The first-order valence-corrected chi connectivity index (χ1v) is 6.35. The summed E-state index contributed by atoms with van der Waals surface area (Å²) in [7, 11) is 2.48. The van der Waals surface area contributed by atoms with E-state index < -0.39 is 29.8 Å². The van der Waals surface area contributed by atoms with E-state index in [4.69, 9.17) is 0 Å². The molecule has 0 saturated heterocycles. The second kappa shape index (κ2) is 7.98. The second-order valence-corrected chi connectivity index (χ2v) is 4.47. The molecule has 1 aromatic heterocycles. The number of amides is 1. The lowest BCUT2D eigenvalue weighted by Crippen LogP contribution is -2.46. The van der Waals surface area contributed by atoms with E-state index >= 15 is 0 Å². The number of hydrogen-bond donors (Lipinski definition) is 1. The van der Waals surface area contributed by atoms with Crippen LogP contribution in [0.1, 0.15) is 23.7 Å². The van der Waals surface area contributed by atoms with Crippen LogP contribution in [0.5, 0.6) is 0 Å². The Hall–Kier alpha value is -2.44. The standard InChI is InChI=1S/C14H18N2O5/c1-9(7-11(17)20-2)12(14(19)21-3)16-13(18)10-5-4-6-15-8-10/h4-6,8-9,12H,7H2,1-3H3,(H,16,18)/t9-,12+/m0/s1. The number of ether oxygens (including phenoxy) is 2. The van der Waals surface area contributed by atoms with Crippen LogP contribution in [0.2, 0.25) is 0 Å². The molecule has 0 aromatic carbocycles. The number of pyridine rings is 1. The predicted molar refractivity (Wildman–Crippen MR) is 73.3 cm³/mol. The Balaban J connectivity index is 2.81. The van der Waals surface area contributed by atoms with Gasteiger partial charge < -0.3 is 14.8 Å². The minimum absolute atomic E-state index is 0.0103. The average molecular weight is 294 g/mol. The summed E-state index contributed by atoms with van der Waals surface area (Å²) >= 11 is 0. The third-order valence-corrected chi connectivity index (χ3v) is 2.95. The molecule has 2 atom stereocenters. The number of esters is 2. The van der Waals surface area contributed by atoms with E-state index in [-0.39, 0.29) is 6.42 Å². The van der Waals surface area contributed by atoms with Gasteiger partial charge in [-0.15, -0.1) is 0 Å². The van der Waals surface area contributed by atoms with Crippen LogP contribution in [0.4, 0.5) is 0 Å². The molecule has 0 unspecified atom stereocenters. The van der Waals surface area contributed by atoms with Gasteiger partial charge in [0.1, 0.15) is 6.04 Å². The van der Waals surface area contributed by atoms with E-state index in [0.717, 1.165) is 0 Å². The van der Waals surface area contributed by atoms with Crippen molar-refractivity contribution in [2.45, 2.75) is 19.4 Å². The summed E-state index contributed by atoms with van der Waals surface area (Å²) in [4.78, 5) is 39.0. The van der Waals surface area contributed by atoms with E-state index in [9.17, 15) is 14.4 Å². The minimum Gasteiger partial charge on any atom is -0.469 e. The Kier molecular flexibility index (Phi) is 6.32. The van der Waals surface area contributed by atoms with Gasteiger partial charge in [0.2, 0.25) is 0 Å². The van der Waals surface area contributed by atoms with Gasteiger partial charge in [0.05, 0.1) is 26.2 Å². The maximum absolute atomic E-state index is 12.1. The molecule has 1 amide bonds. The summed E-state index contributed by atoms with van der Waals surface area (Å²) in [5.74, 6) is -2.02. The van der Waals surface area contributed by atoms with Crippen LogP contribution in [-0.2, 0) is 19.1 Å². The number of hydrogen-bond acceptors (Lipinski definition) is 6. The molecule has 1 N–H and O–H groups in total. The van der Waals surface area contributed by atoms with Gasteiger partial charge in [-0.25, -0.2) is 4.79 Å². The minimum atomic E-state index is -0.943. The molecule has 1 rings (SSSR count). The van der Waals surface area contributed by atoms with Crippen molar-refractivity contribution >= 4 is 17.8 Å². The topological polar surface area (TPSA) is 94.6 Å². The molecule has 21 heavy (non-hydrogen) atoms. The zero-order chi connectivity index (χ0) is 15.8. The SMILES string of the molecule is COC(=O)C[C@H](C)[C@@H](NC(=O)c1cccnc1)C(=O)OC. The Morgan fingerprint density at radius 3 is 2.52 bits per heavy atom. The first kappa shape index (κ1) is 16.6. The summed E-state index contributed by atoms with van der Waals surface area (Å²) in [6.07, 6.45) is 2.91. The van der Waals surface area contributed by atoms with Gasteiger partial charge in [-0.3, -0.25) is 14.6 Å². The molecular formula is C14H18N2O5. The van der Waals surface area contributed by atoms with Crippen molar-refractivity contribution in [3.8, 4) is 0 Å². The summed E-state index contributed by atoms with van der Waals surface area (Å²) in [6.45, 7) is 1.65. The van der Waals surface area contributed by atoms with Crippen LogP contribution in [0.25, 0.3) is 0 Å². The Morgan fingerprint density at radius 2 is 2.00 bits per heavy atom. The fraction of sp³-hybridized carbons (Fsp3) is 0.429. The first-order valence-electron chi connectivity index (χ1n) is 6.35. The van der Waals surface area contributed by atoms with Gasteiger partial charge in [0.15, 0.2) is 0 Å². The smallest absolute Gasteiger partial charge is 0.328 e. The number of nitrogens with one attached hydrogen (secondary N) is 1. The van der Waals surface area contributed by atoms with Gasteiger partial charge >= 0.3 is 11.9 Å². The van der Waals surface area contributed by atoms with Gasteiger partial charge in [-0.05, 0) is 18.1 Å². The van der Waals surface area contributed by atoms with Crippen molar-refractivity contribution in [2.24, 2.45) is 5.92 Å². The van der Waals surface area contributed by atoms with Crippen LogP contribution in [0, 0.1) is 5.92 Å². The lowest BCUT2D eigenvalue weighted by molar-refractivity contribution is -0.146. The molecule has 1 aromatic rings. The number of rotatable bonds is 6.